The Morgan fingerprint density at radius 1 is 1.24 bits per heavy atom. The van der Waals surface area contributed by atoms with E-state index in [4.69, 9.17) is 5.73 Å². The molecule has 1 atom stereocenters. The number of Topliss-reactive ketones (excluding diaryl/α,β-unsaturated/α-hetero) is 1. The smallest absolute Gasteiger partial charge is 0.161 e. The van der Waals surface area contributed by atoms with E-state index in [1.807, 2.05) is 19.1 Å². The molecule has 4 nitrogen and oxygen atoms in total. The van der Waals surface area contributed by atoms with Crippen molar-refractivity contribution in [2.24, 2.45) is 5.73 Å². The maximum atomic E-state index is 14.6. The van der Waals surface area contributed by atoms with Crippen molar-refractivity contribution in [1.82, 2.24) is 0 Å². The van der Waals surface area contributed by atoms with E-state index < -0.39 is 17.6 Å². The standard InChI is InChI=1S/C22H19F2N3OS/c1-2-12-9-10-18(29-12)19-13(11-25)22(26)27(16-7-4-8-17(28)20(16)19)21-14(23)5-3-6-15(21)24/h3,5-6,9-10,19H,2,4,7-8,26H2,1H3. The number of hydrogen-bond acceptors (Lipinski definition) is 5. The predicted molar refractivity (Wildman–Crippen MR) is 108 cm³/mol. The SMILES string of the molecule is CCc1ccc(C2C(C#N)=C(N)N(c3c(F)cccc3F)C3=C2C(=O)CCC3)s1. The van der Waals surface area contributed by atoms with Crippen LogP contribution in [0.4, 0.5) is 14.5 Å². The van der Waals surface area contributed by atoms with Gasteiger partial charge in [-0.15, -0.1) is 11.3 Å². The summed E-state index contributed by atoms with van der Waals surface area (Å²) < 4.78 is 29.2. The van der Waals surface area contributed by atoms with Gasteiger partial charge in [0.25, 0.3) is 0 Å². The first-order valence-electron chi connectivity index (χ1n) is 9.46. The lowest BCUT2D eigenvalue weighted by atomic mass is 9.78. The van der Waals surface area contributed by atoms with Crippen LogP contribution >= 0.6 is 11.3 Å². The fourth-order valence-corrected chi connectivity index (χ4v) is 5.14. The van der Waals surface area contributed by atoms with Crippen LogP contribution in [0.5, 0.6) is 0 Å². The van der Waals surface area contributed by atoms with Gasteiger partial charge in [-0.2, -0.15) is 5.26 Å². The van der Waals surface area contributed by atoms with E-state index in [1.165, 1.54) is 22.3 Å². The Hall–Kier alpha value is -2.98. The Labute approximate surface area is 171 Å². The molecule has 2 heterocycles. The van der Waals surface area contributed by atoms with Crippen molar-refractivity contribution >= 4 is 22.8 Å². The first kappa shape index (κ1) is 19.3. The van der Waals surface area contributed by atoms with E-state index in [0.717, 1.165) is 28.3 Å². The van der Waals surface area contributed by atoms with Crippen LogP contribution in [0, 0.1) is 23.0 Å². The number of ketones is 1. The first-order chi connectivity index (χ1) is 14.0. The van der Waals surface area contributed by atoms with Gasteiger partial charge in [-0.3, -0.25) is 9.69 Å². The van der Waals surface area contributed by atoms with Gasteiger partial charge in [0, 0.05) is 27.4 Å². The third-order valence-electron chi connectivity index (χ3n) is 5.39. The molecule has 2 N–H and O–H groups in total. The van der Waals surface area contributed by atoms with Crippen molar-refractivity contribution < 1.29 is 13.6 Å². The third-order valence-corrected chi connectivity index (χ3v) is 6.68. The van der Waals surface area contributed by atoms with Crippen molar-refractivity contribution in [1.29, 1.82) is 5.26 Å². The molecular formula is C22H19F2N3OS. The van der Waals surface area contributed by atoms with Crippen LogP contribution < -0.4 is 10.6 Å². The summed E-state index contributed by atoms with van der Waals surface area (Å²) in [6, 6.07) is 9.54. The molecule has 29 heavy (non-hydrogen) atoms. The Balaban J connectivity index is 2.00. The maximum absolute atomic E-state index is 14.6. The molecule has 1 aromatic heterocycles. The number of nitrogens with two attached hydrogens (primary N) is 1. The summed E-state index contributed by atoms with van der Waals surface area (Å²) in [6.07, 6.45) is 2.20. The zero-order valence-corrected chi connectivity index (χ0v) is 16.7. The van der Waals surface area contributed by atoms with Crippen LogP contribution in [-0.4, -0.2) is 5.78 Å². The maximum Gasteiger partial charge on any atom is 0.161 e. The van der Waals surface area contributed by atoms with Crippen LogP contribution in [0.25, 0.3) is 0 Å². The Bertz CT molecular complexity index is 1090. The second-order valence-electron chi connectivity index (χ2n) is 7.04. The minimum Gasteiger partial charge on any atom is -0.384 e. The molecule has 0 saturated heterocycles. The fraction of sp³-hybridized carbons (Fsp3) is 0.273. The van der Waals surface area contributed by atoms with Crippen LogP contribution in [0.15, 0.2) is 53.0 Å². The largest absolute Gasteiger partial charge is 0.384 e. The second-order valence-corrected chi connectivity index (χ2v) is 8.24. The monoisotopic (exact) mass is 411 g/mol. The lowest BCUT2D eigenvalue weighted by Gasteiger charge is -2.39. The Morgan fingerprint density at radius 3 is 2.59 bits per heavy atom. The van der Waals surface area contributed by atoms with Gasteiger partial charge in [0.2, 0.25) is 0 Å². The number of thiophene rings is 1. The summed E-state index contributed by atoms with van der Waals surface area (Å²) in [5.74, 6) is -2.32. The van der Waals surface area contributed by atoms with E-state index in [2.05, 4.69) is 6.07 Å². The molecule has 2 aromatic rings. The Kier molecular flexibility index (Phi) is 4.97. The lowest BCUT2D eigenvalue weighted by Crippen LogP contribution is -2.39. The average molecular weight is 411 g/mol. The van der Waals surface area contributed by atoms with Crippen molar-refractivity contribution in [2.75, 3.05) is 4.90 Å². The molecule has 0 spiro atoms. The summed E-state index contributed by atoms with van der Waals surface area (Å²) in [5.41, 5.74) is 7.04. The number of halogens is 2. The minimum absolute atomic E-state index is 0.0265. The molecule has 0 fully saturated rings. The second kappa shape index (κ2) is 7.45. The van der Waals surface area contributed by atoms with Gasteiger partial charge in [-0.05, 0) is 43.5 Å². The normalized spacial score (nSPS) is 19.4. The highest BCUT2D eigenvalue weighted by Crippen LogP contribution is 2.48. The van der Waals surface area contributed by atoms with Gasteiger partial charge in [0.15, 0.2) is 5.78 Å². The number of hydrogen-bond donors (Lipinski definition) is 1. The number of para-hydroxylation sites is 1. The predicted octanol–water partition coefficient (Wildman–Crippen LogP) is 4.89. The molecule has 0 bridgehead atoms. The summed E-state index contributed by atoms with van der Waals surface area (Å²) >= 11 is 1.53. The molecule has 0 amide bonds. The van der Waals surface area contributed by atoms with Gasteiger partial charge in [0.05, 0.1) is 17.6 Å². The van der Waals surface area contributed by atoms with E-state index in [0.29, 0.717) is 30.5 Å². The lowest BCUT2D eigenvalue weighted by molar-refractivity contribution is -0.116. The molecular weight excluding hydrogens is 392 g/mol. The van der Waals surface area contributed by atoms with Crippen LogP contribution in [-0.2, 0) is 11.2 Å². The number of anilines is 1. The molecule has 7 heteroatoms. The zero-order chi connectivity index (χ0) is 20.7. The number of carbonyl (C=O) groups is 1. The first-order valence-corrected chi connectivity index (χ1v) is 10.3. The number of carbonyl (C=O) groups excluding carboxylic acids is 1. The van der Waals surface area contributed by atoms with Crippen LogP contribution in [0.1, 0.15) is 41.9 Å². The van der Waals surface area contributed by atoms with Gasteiger partial charge < -0.3 is 5.73 Å². The van der Waals surface area contributed by atoms with Crippen molar-refractivity contribution in [3.05, 3.63) is 74.4 Å². The third kappa shape index (κ3) is 3.04. The highest BCUT2D eigenvalue weighted by Gasteiger charge is 2.42. The molecule has 148 valence electrons. The van der Waals surface area contributed by atoms with Gasteiger partial charge >= 0.3 is 0 Å². The minimum atomic E-state index is -0.794. The summed E-state index contributed by atoms with van der Waals surface area (Å²) in [5, 5.41) is 9.91. The molecule has 1 unspecified atom stereocenters. The van der Waals surface area contributed by atoms with Crippen LogP contribution in [0.2, 0.25) is 0 Å². The van der Waals surface area contributed by atoms with Crippen molar-refractivity contribution in [3.8, 4) is 6.07 Å². The molecule has 0 radical (unpaired) electrons. The summed E-state index contributed by atoms with van der Waals surface area (Å²) in [6.45, 7) is 2.03. The number of rotatable bonds is 3. The fourth-order valence-electron chi connectivity index (χ4n) is 4.07. The number of allylic oxidation sites excluding steroid dienone is 3. The van der Waals surface area contributed by atoms with Crippen LogP contribution in [0.3, 0.4) is 0 Å². The molecule has 1 aromatic carbocycles. The van der Waals surface area contributed by atoms with E-state index in [-0.39, 0.29) is 22.9 Å². The highest BCUT2D eigenvalue weighted by molar-refractivity contribution is 7.12. The number of benzene rings is 1. The number of aryl methyl sites for hydroxylation is 1. The van der Waals surface area contributed by atoms with Crippen molar-refractivity contribution in [3.63, 3.8) is 0 Å². The van der Waals surface area contributed by atoms with E-state index in [9.17, 15) is 18.8 Å². The number of nitriles is 1. The average Bonchev–Trinajstić information content (AvgIpc) is 3.18. The van der Waals surface area contributed by atoms with E-state index >= 15 is 0 Å². The molecule has 1 aliphatic heterocycles. The Morgan fingerprint density at radius 2 is 1.97 bits per heavy atom. The van der Waals surface area contributed by atoms with Gasteiger partial charge in [-0.25, -0.2) is 8.78 Å². The summed E-state index contributed by atoms with van der Waals surface area (Å²) in [7, 11) is 0. The summed E-state index contributed by atoms with van der Waals surface area (Å²) in [4.78, 5) is 16.2. The molecule has 0 saturated carbocycles. The molecule has 1 aliphatic carbocycles. The van der Waals surface area contributed by atoms with Gasteiger partial charge in [0.1, 0.15) is 23.1 Å². The highest BCUT2D eigenvalue weighted by atomic mass is 32.1. The van der Waals surface area contributed by atoms with Gasteiger partial charge in [-0.1, -0.05) is 13.0 Å². The molecule has 2 aliphatic rings. The molecule has 4 rings (SSSR count). The topological polar surface area (TPSA) is 70.1 Å². The quantitative estimate of drug-likeness (QED) is 0.780. The van der Waals surface area contributed by atoms with E-state index in [1.54, 1.807) is 0 Å². The zero-order valence-electron chi connectivity index (χ0n) is 15.8. The van der Waals surface area contributed by atoms with Crippen molar-refractivity contribution in [2.45, 2.75) is 38.5 Å². The number of nitrogens with zero attached hydrogens (tertiary/aromatic N) is 2.